The first kappa shape index (κ1) is 49.5. The smallest absolute Gasteiger partial charge is 0.246 e. The Balaban J connectivity index is 0.734. The fraction of sp³-hybridized carbons (Fsp3) is 0.396. The highest BCUT2D eigenvalue weighted by Gasteiger charge is 2.44. The van der Waals surface area contributed by atoms with Crippen LogP contribution in [0.3, 0.4) is 0 Å². The molecule has 4 N–H and O–H groups in total. The quantitative estimate of drug-likeness (QED) is 0.0612. The molecule has 2 fully saturated rings. The van der Waals surface area contributed by atoms with Crippen LogP contribution in [-0.2, 0) is 25.7 Å². The number of thiophene rings is 1. The number of thiazole rings is 1. The van der Waals surface area contributed by atoms with E-state index in [9.17, 15) is 29.0 Å². The van der Waals surface area contributed by atoms with Gasteiger partial charge in [0.25, 0.3) is 0 Å². The van der Waals surface area contributed by atoms with Gasteiger partial charge in [-0.05, 0) is 103 Å². The molecule has 3 atom stereocenters. The molecule has 2 aromatic heterocycles. The lowest BCUT2D eigenvalue weighted by Gasteiger charge is -2.35. The molecule has 364 valence electrons. The number of carbonyl (C=O) groups excluding carboxylic acids is 3. The number of aryl methyl sites for hydroxylation is 1. The van der Waals surface area contributed by atoms with E-state index in [0.717, 1.165) is 80.5 Å². The molecule has 0 unspecified atom stereocenters. The molecular weight excluding hydrogens is 918 g/mol. The number of piperidine rings is 1. The van der Waals surface area contributed by atoms with Crippen LogP contribution in [0.25, 0.3) is 31.0 Å². The fourth-order valence-electron chi connectivity index (χ4n) is 8.76. The van der Waals surface area contributed by atoms with Crippen molar-refractivity contribution in [3.8, 4) is 43.9 Å². The Bertz CT molecular complexity index is 2700. The summed E-state index contributed by atoms with van der Waals surface area (Å²) < 4.78 is 33.2. The van der Waals surface area contributed by atoms with E-state index >= 15 is 0 Å². The van der Waals surface area contributed by atoms with Gasteiger partial charge in [0.1, 0.15) is 41.8 Å². The Labute approximate surface area is 410 Å². The van der Waals surface area contributed by atoms with Crippen LogP contribution >= 0.6 is 22.7 Å². The van der Waals surface area contributed by atoms with Crippen molar-refractivity contribution >= 4 is 50.5 Å². The molecule has 2 saturated heterocycles. The average Bonchev–Trinajstić information content (AvgIpc) is 4.05. The number of fused-ring (bicyclic) bond motifs is 1. The first-order valence-electron chi connectivity index (χ1n) is 23.5. The van der Waals surface area contributed by atoms with Gasteiger partial charge in [-0.3, -0.25) is 19.3 Å². The minimum absolute atomic E-state index is 0.0123. The number of nitrogens with zero attached hydrogens (tertiary/aromatic N) is 3. The molecule has 3 amide bonds. The number of benzene rings is 4. The molecule has 0 spiro atoms. The van der Waals surface area contributed by atoms with E-state index in [1.54, 1.807) is 35.6 Å². The third kappa shape index (κ3) is 12.7. The maximum Gasteiger partial charge on any atom is 0.246 e. The van der Waals surface area contributed by atoms with E-state index in [-0.39, 0.29) is 61.3 Å². The van der Waals surface area contributed by atoms with Crippen LogP contribution < -0.4 is 20.1 Å². The maximum absolute atomic E-state index is 14.1. The first-order valence-corrected chi connectivity index (χ1v) is 25.2. The number of aromatic nitrogens is 1. The predicted molar refractivity (Wildman–Crippen MR) is 267 cm³/mol. The Hall–Kier alpha value is -5.91. The number of aromatic hydroxyl groups is 1. The Kier molecular flexibility index (Phi) is 16.0. The number of hydrogen-bond acceptors (Lipinski definition) is 12. The zero-order valence-corrected chi connectivity index (χ0v) is 41.0. The molecule has 4 heterocycles. The molecule has 2 aliphatic heterocycles. The number of carbonyl (C=O) groups is 3. The van der Waals surface area contributed by atoms with Gasteiger partial charge in [0.2, 0.25) is 17.7 Å². The number of aliphatic hydroxyl groups is 1. The highest BCUT2D eigenvalue weighted by molar-refractivity contribution is 7.22. The lowest BCUT2D eigenvalue weighted by Crippen LogP contribution is -2.57. The summed E-state index contributed by atoms with van der Waals surface area (Å²) >= 11 is 3.05. The zero-order valence-electron chi connectivity index (χ0n) is 39.4. The summed E-state index contributed by atoms with van der Waals surface area (Å²) in [4.78, 5) is 50.8. The number of halogens is 1. The highest BCUT2D eigenvalue weighted by Crippen LogP contribution is 2.47. The summed E-state index contributed by atoms with van der Waals surface area (Å²) in [5, 5.41) is 27.4. The monoisotopic (exact) mass is 977 g/mol. The summed E-state index contributed by atoms with van der Waals surface area (Å²) in [5.74, 6) is 0.828. The van der Waals surface area contributed by atoms with Crippen LogP contribution in [0.4, 0.5) is 4.39 Å². The van der Waals surface area contributed by atoms with E-state index in [1.807, 2.05) is 87.8 Å². The highest BCUT2D eigenvalue weighted by atomic mass is 32.1. The van der Waals surface area contributed by atoms with Gasteiger partial charge in [-0.1, -0.05) is 57.2 Å². The number of phenols is 1. The lowest BCUT2D eigenvalue weighted by atomic mass is 9.85. The number of nitrogens with one attached hydrogen (secondary N) is 2. The second kappa shape index (κ2) is 22.2. The topological polar surface area (TPSA) is 163 Å². The number of phenolic OH excluding ortho intramolecular Hbond substituents is 1. The molecule has 13 nitrogen and oxygen atoms in total. The molecular formula is C53H60FN5O8S2. The average molecular weight is 978 g/mol. The molecule has 69 heavy (non-hydrogen) atoms. The molecule has 0 radical (unpaired) electrons. The Morgan fingerprint density at radius 2 is 1.61 bits per heavy atom. The number of aliphatic hydroxyl groups excluding tert-OH is 1. The minimum atomic E-state index is -0.894. The summed E-state index contributed by atoms with van der Waals surface area (Å²) in [6.07, 6.45) is 1.77. The largest absolute Gasteiger partial charge is 0.508 e. The third-order valence-electron chi connectivity index (χ3n) is 12.6. The van der Waals surface area contributed by atoms with Crippen molar-refractivity contribution in [3.05, 3.63) is 114 Å². The van der Waals surface area contributed by atoms with Gasteiger partial charge < -0.3 is 40.0 Å². The molecule has 0 saturated carbocycles. The van der Waals surface area contributed by atoms with Gasteiger partial charge in [-0.2, -0.15) is 0 Å². The van der Waals surface area contributed by atoms with Gasteiger partial charge in [0.15, 0.2) is 5.75 Å². The molecule has 8 rings (SSSR count). The lowest BCUT2D eigenvalue weighted by molar-refractivity contribution is -0.144. The summed E-state index contributed by atoms with van der Waals surface area (Å²) in [5.41, 5.74) is 4.92. The second-order valence-electron chi connectivity index (χ2n) is 18.8. The number of ether oxygens (including phenoxy) is 3. The zero-order chi connectivity index (χ0) is 48.7. The molecule has 4 aromatic carbocycles. The van der Waals surface area contributed by atoms with E-state index in [4.69, 9.17) is 14.2 Å². The first-order chi connectivity index (χ1) is 33.2. The molecule has 0 aliphatic carbocycles. The number of amides is 3. The predicted octanol–water partition coefficient (Wildman–Crippen LogP) is 9.09. The van der Waals surface area contributed by atoms with E-state index < -0.39 is 23.6 Å². The van der Waals surface area contributed by atoms with Gasteiger partial charge in [0.05, 0.1) is 33.2 Å². The van der Waals surface area contributed by atoms with Crippen molar-refractivity contribution in [2.45, 2.75) is 90.6 Å². The van der Waals surface area contributed by atoms with E-state index in [2.05, 4.69) is 20.5 Å². The number of likely N-dealkylation sites (tertiary alicyclic amines) is 2. The SMILES string of the molecule is Cc1ncsc1-c1ccc(CNC(=O)[C@@H]2C[C@@H](O)CN2C(=O)[C@@H](NC(=O)CCCOC2CCN(CCOc3ccc(Oc4c(-c5ccc(F)cc5)sc5cc(O)ccc45)cc3)CC2)C(C)(C)C)cc1. The van der Waals surface area contributed by atoms with Gasteiger partial charge in [0, 0.05) is 62.3 Å². The molecule has 16 heteroatoms. The summed E-state index contributed by atoms with van der Waals surface area (Å²) in [7, 11) is 0. The van der Waals surface area contributed by atoms with E-state index in [1.165, 1.54) is 28.4 Å². The Morgan fingerprint density at radius 3 is 2.30 bits per heavy atom. The molecule has 0 bridgehead atoms. The standard InChI is InChI=1S/C53H60FN5O8S2/c1-33-48(68-32-56-33)35-9-7-34(8-10-35)30-55-51(63)44-28-39(61)31-59(44)52(64)50(53(2,3)4)57-46(62)6-5-26-65-41-21-23-58(24-22-41)25-27-66-40-16-18-42(19-17-40)67-47-43-20-15-38(60)29-45(43)69-49(47)36-11-13-37(54)14-12-36/h7-20,29,32,39,41,44,50,60-61H,5-6,21-28,30-31H2,1-4H3,(H,55,63)(H,57,62)/t39-,44+,50-/m1/s1. The van der Waals surface area contributed by atoms with Crippen LogP contribution in [0.15, 0.2) is 96.5 Å². The fourth-order valence-corrected chi connectivity index (χ4v) is 10.7. The van der Waals surface area contributed by atoms with Crippen molar-refractivity contribution in [2.24, 2.45) is 5.41 Å². The number of hydrogen-bond donors (Lipinski definition) is 4. The van der Waals surface area contributed by atoms with E-state index in [0.29, 0.717) is 31.1 Å². The molecule has 6 aromatic rings. The van der Waals surface area contributed by atoms with Crippen LogP contribution in [0.5, 0.6) is 23.0 Å². The van der Waals surface area contributed by atoms with Crippen molar-refractivity contribution in [3.63, 3.8) is 0 Å². The van der Waals surface area contributed by atoms with Crippen molar-refractivity contribution in [2.75, 3.05) is 39.4 Å². The molecule has 2 aliphatic rings. The van der Waals surface area contributed by atoms with Crippen LogP contribution in [0.1, 0.15) is 64.1 Å². The normalized spacial score (nSPS) is 17.2. The van der Waals surface area contributed by atoms with Gasteiger partial charge in [-0.25, -0.2) is 9.37 Å². The summed E-state index contributed by atoms with van der Waals surface area (Å²) in [6, 6.07) is 25.0. The van der Waals surface area contributed by atoms with Crippen LogP contribution in [-0.4, -0.2) is 106 Å². The van der Waals surface area contributed by atoms with Crippen molar-refractivity contribution in [1.82, 2.24) is 25.4 Å². The maximum atomic E-state index is 14.1. The van der Waals surface area contributed by atoms with Crippen molar-refractivity contribution < 1.29 is 43.2 Å². The van der Waals surface area contributed by atoms with Crippen LogP contribution in [0.2, 0.25) is 0 Å². The second-order valence-corrected chi connectivity index (χ2v) is 20.7. The van der Waals surface area contributed by atoms with Crippen LogP contribution in [0, 0.1) is 18.2 Å². The minimum Gasteiger partial charge on any atom is -0.508 e. The van der Waals surface area contributed by atoms with Crippen molar-refractivity contribution in [1.29, 1.82) is 0 Å². The van der Waals surface area contributed by atoms with Gasteiger partial charge >= 0.3 is 0 Å². The summed E-state index contributed by atoms with van der Waals surface area (Å²) in [6.45, 7) is 11.3. The third-order valence-corrected chi connectivity index (χ3v) is 14.8. The number of rotatable bonds is 18. The number of β-amino-alcohol motifs (C(OH)–C–C–N with tert-alkyl or cyclic N) is 1. The Morgan fingerprint density at radius 1 is 0.913 bits per heavy atom. The van der Waals surface area contributed by atoms with Gasteiger partial charge in [-0.15, -0.1) is 22.7 Å².